The van der Waals surface area contributed by atoms with Gasteiger partial charge in [0, 0.05) is 11.2 Å². The lowest BCUT2D eigenvalue weighted by atomic mass is 10.3. The Bertz CT molecular complexity index is 584. The fraction of sp³-hybridized carbons (Fsp3) is 0.0909. The first kappa shape index (κ1) is 12.4. The van der Waals surface area contributed by atoms with Crippen molar-refractivity contribution in [1.29, 1.82) is 0 Å². The average Bonchev–Trinajstić information content (AvgIpc) is 2.69. The smallest absolute Gasteiger partial charge is 0.246 e. The predicted molar refractivity (Wildman–Crippen MR) is 66.7 cm³/mol. The fourth-order valence-electron chi connectivity index (χ4n) is 1.40. The van der Waals surface area contributed by atoms with E-state index in [0.29, 0.717) is 10.7 Å². The van der Waals surface area contributed by atoms with E-state index in [1.807, 2.05) is 0 Å². The Morgan fingerprint density at radius 2 is 2.33 bits per heavy atom. The first-order chi connectivity index (χ1) is 8.54. The molecule has 0 aliphatic carbocycles. The largest absolute Gasteiger partial charge is 0.396 e. The molecule has 0 aliphatic heterocycles. The maximum Gasteiger partial charge on any atom is 0.246 e. The number of carbonyl (C=O) groups is 1. The molecule has 7 heteroatoms. The van der Waals surface area contributed by atoms with Gasteiger partial charge in [0.2, 0.25) is 5.91 Å². The van der Waals surface area contributed by atoms with E-state index in [4.69, 9.17) is 17.3 Å². The summed E-state index contributed by atoms with van der Waals surface area (Å²) in [5.74, 6) is -0.966. The Morgan fingerprint density at radius 3 is 3.00 bits per heavy atom. The van der Waals surface area contributed by atoms with Crippen LogP contribution in [0.3, 0.4) is 0 Å². The van der Waals surface area contributed by atoms with Crippen molar-refractivity contribution in [2.45, 2.75) is 6.54 Å². The van der Waals surface area contributed by atoms with Crippen LogP contribution in [-0.4, -0.2) is 15.7 Å². The highest BCUT2D eigenvalue weighted by atomic mass is 35.5. The van der Waals surface area contributed by atoms with Gasteiger partial charge in [-0.2, -0.15) is 5.10 Å². The lowest BCUT2D eigenvalue weighted by Crippen LogP contribution is -2.19. The monoisotopic (exact) mass is 268 g/mol. The molecule has 0 fully saturated rings. The topological polar surface area (TPSA) is 72.9 Å². The summed E-state index contributed by atoms with van der Waals surface area (Å²) in [5.41, 5.74) is 5.95. The van der Waals surface area contributed by atoms with Gasteiger partial charge in [-0.25, -0.2) is 4.39 Å². The van der Waals surface area contributed by atoms with Gasteiger partial charge in [-0.15, -0.1) is 0 Å². The number of carbonyl (C=O) groups excluding carboxylic acids is 1. The Labute approximate surface area is 107 Å². The third-order valence-corrected chi connectivity index (χ3v) is 2.40. The number of aromatic nitrogens is 2. The maximum atomic E-state index is 13.4. The number of hydrogen-bond donors (Lipinski definition) is 2. The first-order valence-electron chi connectivity index (χ1n) is 5.07. The summed E-state index contributed by atoms with van der Waals surface area (Å²) in [6.45, 7) is -0.0524. The molecule has 1 heterocycles. The summed E-state index contributed by atoms with van der Waals surface area (Å²) in [4.78, 5) is 11.6. The summed E-state index contributed by atoms with van der Waals surface area (Å²) in [5, 5.41) is 6.60. The van der Waals surface area contributed by atoms with E-state index in [1.165, 1.54) is 35.3 Å². The Kier molecular flexibility index (Phi) is 3.47. The number of nitrogens with two attached hydrogens (primary N) is 1. The predicted octanol–water partition coefficient (Wildman–Crippen LogP) is 1.90. The molecule has 1 aromatic carbocycles. The van der Waals surface area contributed by atoms with Gasteiger partial charge in [0.25, 0.3) is 0 Å². The van der Waals surface area contributed by atoms with Crippen molar-refractivity contribution >= 4 is 28.9 Å². The van der Waals surface area contributed by atoms with E-state index in [1.54, 1.807) is 0 Å². The van der Waals surface area contributed by atoms with Gasteiger partial charge in [-0.3, -0.25) is 9.48 Å². The van der Waals surface area contributed by atoms with E-state index in [0.717, 1.165) is 0 Å². The number of benzene rings is 1. The molecule has 0 unspecified atom stereocenters. The molecule has 3 N–H and O–H groups in total. The molecule has 0 spiro atoms. The second-order valence-electron chi connectivity index (χ2n) is 3.64. The van der Waals surface area contributed by atoms with Crippen LogP contribution in [0.15, 0.2) is 30.6 Å². The van der Waals surface area contributed by atoms with E-state index in [9.17, 15) is 9.18 Å². The number of nitrogen functional groups attached to an aromatic ring is 1. The third-order valence-electron chi connectivity index (χ3n) is 2.16. The van der Waals surface area contributed by atoms with E-state index >= 15 is 0 Å². The highest BCUT2D eigenvalue weighted by molar-refractivity contribution is 6.30. The van der Waals surface area contributed by atoms with Gasteiger partial charge in [0.1, 0.15) is 12.4 Å². The molecular formula is C11H10ClFN4O. The minimum atomic E-state index is -0.548. The van der Waals surface area contributed by atoms with Crippen LogP contribution >= 0.6 is 11.6 Å². The van der Waals surface area contributed by atoms with Crippen LogP contribution < -0.4 is 11.1 Å². The summed E-state index contributed by atoms with van der Waals surface area (Å²) in [7, 11) is 0. The molecule has 1 amide bonds. The second-order valence-corrected chi connectivity index (χ2v) is 4.08. The minimum absolute atomic E-state index is 0.0348. The standard InChI is InChI=1S/C11H10ClFN4O/c12-7-1-2-9(13)10(3-7)16-11(18)6-17-5-8(14)4-15-17/h1-5H,6,14H2,(H,16,18). The molecule has 0 saturated heterocycles. The zero-order valence-corrected chi connectivity index (χ0v) is 9.99. The molecule has 1 aromatic heterocycles. The summed E-state index contributed by atoms with van der Waals surface area (Å²) >= 11 is 5.71. The van der Waals surface area contributed by atoms with Gasteiger partial charge < -0.3 is 11.1 Å². The van der Waals surface area contributed by atoms with Crippen LogP contribution in [0.1, 0.15) is 0 Å². The quantitative estimate of drug-likeness (QED) is 0.893. The van der Waals surface area contributed by atoms with Crippen LogP contribution in [0.25, 0.3) is 0 Å². The highest BCUT2D eigenvalue weighted by Crippen LogP contribution is 2.19. The van der Waals surface area contributed by atoms with Crippen LogP contribution in [0.2, 0.25) is 5.02 Å². The minimum Gasteiger partial charge on any atom is -0.396 e. The zero-order chi connectivity index (χ0) is 13.1. The number of hydrogen-bond acceptors (Lipinski definition) is 3. The molecular weight excluding hydrogens is 259 g/mol. The van der Waals surface area contributed by atoms with Crippen molar-refractivity contribution in [3.8, 4) is 0 Å². The van der Waals surface area contributed by atoms with Gasteiger partial charge in [0.05, 0.1) is 17.6 Å². The first-order valence-corrected chi connectivity index (χ1v) is 5.45. The number of nitrogens with zero attached hydrogens (tertiary/aromatic N) is 2. The third kappa shape index (κ3) is 2.98. The molecule has 94 valence electrons. The van der Waals surface area contributed by atoms with Crippen molar-refractivity contribution < 1.29 is 9.18 Å². The van der Waals surface area contributed by atoms with Crippen molar-refractivity contribution in [3.63, 3.8) is 0 Å². The summed E-state index contributed by atoms with van der Waals surface area (Å²) in [6, 6.07) is 3.93. The Balaban J connectivity index is 2.05. The van der Waals surface area contributed by atoms with Crippen LogP contribution in [0.4, 0.5) is 15.8 Å². The van der Waals surface area contributed by atoms with Crippen molar-refractivity contribution in [3.05, 3.63) is 41.4 Å². The number of rotatable bonds is 3. The summed E-state index contributed by atoms with van der Waals surface area (Å²) in [6.07, 6.45) is 2.93. The van der Waals surface area contributed by atoms with Crippen LogP contribution in [-0.2, 0) is 11.3 Å². The molecule has 5 nitrogen and oxygen atoms in total. The lowest BCUT2D eigenvalue weighted by Gasteiger charge is -2.06. The molecule has 0 saturated carbocycles. The molecule has 18 heavy (non-hydrogen) atoms. The Morgan fingerprint density at radius 1 is 1.56 bits per heavy atom. The molecule has 0 atom stereocenters. The van der Waals surface area contributed by atoms with Gasteiger partial charge >= 0.3 is 0 Å². The number of amides is 1. The van der Waals surface area contributed by atoms with Crippen molar-refractivity contribution in [2.24, 2.45) is 0 Å². The SMILES string of the molecule is Nc1cnn(CC(=O)Nc2cc(Cl)ccc2F)c1. The van der Waals surface area contributed by atoms with E-state index in [2.05, 4.69) is 10.4 Å². The maximum absolute atomic E-state index is 13.4. The highest BCUT2D eigenvalue weighted by Gasteiger charge is 2.08. The van der Waals surface area contributed by atoms with Gasteiger partial charge in [-0.05, 0) is 18.2 Å². The molecule has 0 bridgehead atoms. The number of nitrogens with one attached hydrogen (secondary N) is 1. The van der Waals surface area contributed by atoms with E-state index < -0.39 is 11.7 Å². The van der Waals surface area contributed by atoms with Crippen molar-refractivity contribution in [1.82, 2.24) is 9.78 Å². The second kappa shape index (κ2) is 5.05. The molecule has 2 aromatic rings. The van der Waals surface area contributed by atoms with Crippen LogP contribution in [0.5, 0.6) is 0 Å². The molecule has 0 radical (unpaired) electrons. The van der Waals surface area contributed by atoms with Crippen molar-refractivity contribution in [2.75, 3.05) is 11.1 Å². The van der Waals surface area contributed by atoms with Crippen LogP contribution in [0, 0.1) is 5.82 Å². The van der Waals surface area contributed by atoms with E-state index in [-0.39, 0.29) is 12.2 Å². The fourth-order valence-corrected chi connectivity index (χ4v) is 1.57. The van der Waals surface area contributed by atoms with Gasteiger partial charge in [-0.1, -0.05) is 11.6 Å². The average molecular weight is 269 g/mol. The lowest BCUT2D eigenvalue weighted by molar-refractivity contribution is -0.116. The zero-order valence-electron chi connectivity index (χ0n) is 9.23. The molecule has 0 aliphatic rings. The summed E-state index contributed by atoms with van der Waals surface area (Å²) < 4.78 is 14.7. The van der Waals surface area contributed by atoms with Gasteiger partial charge in [0.15, 0.2) is 0 Å². The number of anilines is 2. The number of halogens is 2. The molecule has 2 rings (SSSR count). The Hall–Kier alpha value is -2.08. The normalized spacial score (nSPS) is 10.3.